The average Bonchev–Trinajstić information content (AvgIpc) is 2.52. The number of nitrogens with zero attached hydrogens (tertiary/aromatic N) is 1. The van der Waals surface area contributed by atoms with Crippen molar-refractivity contribution in [1.82, 2.24) is 4.90 Å². The van der Waals surface area contributed by atoms with Crippen molar-refractivity contribution in [3.8, 4) is 0 Å². The third-order valence-corrected chi connectivity index (χ3v) is 4.74. The number of anilines is 1. The Balaban J connectivity index is 1.99. The van der Waals surface area contributed by atoms with Gasteiger partial charge in [-0.05, 0) is 51.3 Å². The summed E-state index contributed by atoms with van der Waals surface area (Å²) in [6, 6.07) is 6.55. The van der Waals surface area contributed by atoms with Crippen LogP contribution in [0.25, 0.3) is 0 Å². The molecule has 1 unspecified atom stereocenters. The molecular formula is C18H27N3O5S. The van der Waals surface area contributed by atoms with E-state index < -0.39 is 21.7 Å². The van der Waals surface area contributed by atoms with Gasteiger partial charge < -0.3 is 15.0 Å². The van der Waals surface area contributed by atoms with Crippen LogP contribution in [0.2, 0.25) is 0 Å². The lowest BCUT2D eigenvalue weighted by Gasteiger charge is -2.33. The Bertz CT molecular complexity index is 801. The van der Waals surface area contributed by atoms with E-state index in [0.717, 1.165) is 0 Å². The summed E-state index contributed by atoms with van der Waals surface area (Å²) in [5, 5.41) is 7.85. The molecular weight excluding hydrogens is 370 g/mol. The molecule has 0 radical (unpaired) electrons. The molecule has 1 aromatic rings. The Hall–Kier alpha value is -2.13. The zero-order valence-corrected chi connectivity index (χ0v) is 16.7. The molecule has 1 fully saturated rings. The zero-order chi connectivity index (χ0) is 20.2. The van der Waals surface area contributed by atoms with Gasteiger partial charge in [0.25, 0.3) is 0 Å². The number of hydrogen-bond donors (Lipinski definition) is 2. The molecule has 150 valence electrons. The second-order valence-electron chi connectivity index (χ2n) is 7.76. The second-order valence-corrected chi connectivity index (χ2v) is 9.38. The SMILES string of the molecule is CC(C)(C)OC(=O)N1CCCC(C(=O)Nc2cccc(CS(N)(=O)=O)c2)C1. The zero-order valence-electron chi connectivity index (χ0n) is 15.9. The van der Waals surface area contributed by atoms with Gasteiger partial charge in [-0.1, -0.05) is 12.1 Å². The van der Waals surface area contributed by atoms with Crippen molar-refractivity contribution in [2.24, 2.45) is 11.1 Å². The van der Waals surface area contributed by atoms with Gasteiger partial charge in [-0.25, -0.2) is 18.4 Å². The largest absolute Gasteiger partial charge is 0.444 e. The molecule has 2 rings (SSSR count). The Labute approximate surface area is 160 Å². The summed E-state index contributed by atoms with van der Waals surface area (Å²) in [7, 11) is -3.65. The summed E-state index contributed by atoms with van der Waals surface area (Å²) in [5.74, 6) is -0.865. The molecule has 1 heterocycles. The van der Waals surface area contributed by atoms with Gasteiger partial charge in [0.2, 0.25) is 15.9 Å². The molecule has 1 aliphatic rings. The fourth-order valence-corrected chi connectivity index (χ4v) is 3.54. The fourth-order valence-electron chi connectivity index (χ4n) is 2.90. The van der Waals surface area contributed by atoms with E-state index in [1.807, 2.05) is 0 Å². The highest BCUT2D eigenvalue weighted by molar-refractivity contribution is 7.88. The Morgan fingerprint density at radius 3 is 2.67 bits per heavy atom. The van der Waals surface area contributed by atoms with Crippen LogP contribution in [-0.2, 0) is 25.3 Å². The minimum atomic E-state index is -3.65. The van der Waals surface area contributed by atoms with Crippen LogP contribution in [0.5, 0.6) is 0 Å². The van der Waals surface area contributed by atoms with Crippen molar-refractivity contribution >= 4 is 27.7 Å². The lowest BCUT2D eigenvalue weighted by molar-refractivity contribution is -0.121. The first-order valence-corrected chi connectivity index (χ1v) is 10.5. The Kier molecular flexibility index (Phi) is 6.48. The maximum absolute atomic E-state index is 12.6. The van der Waals surface area contributed by atoms with E-state index in [1.165, 1.54) is 0 Å². The lowest BCUT2D eigenvalue weighted by Crippen LogP contribution is -2.45. The Morgan fingerprint density at radius 1 is 1.33 bits per heavy atom. The molecule has 27 heavy (non-hydrogen) atoms. The standard InChI is InChI=1S/C18H27N3O5S/c1-18(2,3)26-17(23)21-9-5-7-14(11-21)16(22)20-15-8-4-6-13(10-15)12-27(19,24)25/h4,6,8,10,14H,5,7,9,11-12H2,1-3H3,(H,20,22)(H2,19,24,25). The molecule has 0 bridgehead atoms. The molecule has 1 aliphatic heterocycles. The first-order chi connectivity index (χ1) is 12.4. The predicted molar refractivity (Wildman–Crippen MR) is 102 cm³/mol. The van der Waals surface area contributed by atoms with Crippen molar-refractivity contribution in [1.29, 1.82) is 0 Å². The molecule has 0 spiro atoms. The summed E-state index contributed by atoms with van der Waals surface area (Å²) in [6.45, 7) is 6.24. The third-order valence-electron chi connectivity index (χ3n) is 4.01. The van der Waals surface area contributed by atoms with Crippen molar-refractivity contribution in [3.05, 3.63) is 29.8 Å². The lowest BCUT2D eigenvalue weighted by atomic mass is 9.97. The number of carbonyl (C=O) groups excluding carboxylic acids is 2. The number of piperidine rings is 1. The van der Waals surface area contributed by atoms with Gasteiger partial charge in [-0.3, -0.25) is 4.79 Å². The average molecular weight is 397 g/mol. The highest BCUT2D eigenvalue weighted by atomic mass is 32.2. The normalized spacial score (nSPS) is 18.1. The topological polar surface area (TPSA) is 119 Å². The summed E-state index contributed by atoms with van der Waals surface area (Å²) in [4.78, 5) is 26.4. The summed E-state index contributed by atoms with van der Waals surface area (Å²) >= 11 is 0. The van der Waals surface area contributed by atoms with Gasteiger partial charge in [-0.15, -0.1) is 0 Å². The quantitative estimate of drug-likeness (QED) is 0.806. The van der Waals surface area contributed by atoms with Crippen LogP contribution in [-0.4, -0.2) is 44.0 Å². The van der Waals surface area contributed by atoms with Crippen LogP contribution in [0.1, 0.15) is 39.2 Å². The number of ether oxygens (including phenoxy) is 1. The molecule has 0 aliphatic carbocycles. The number of hydrogen-bond acceptors (Lipinski definition) is 5. The van der Waals surface area contributed by atoms with Crippen molar-refractivity contribution in [2.75, 3.05) is 18.4 Å². The van der Waals surface area contributed by atoms with Gasteiger partial charge in [0.15, 0.2) is 0 Å². The van der Waals surface area contributed by atoms with E-state index in [-0.39, 0.29) is 24.1 Å². The van der Waals surface area contributed by atoms with Crippen LogP contribution < -0.4 is 10.5 Å². The minimum absolute atomic E-state index is 0.212. The first-order valence-electron chi connectivity index (χ1n) is 8.81. The van der Waals surface area contributed by atoms with Gasteiger partial charge in [0.1, 0.15) is 5.60 Å². The fraction of sp³-hybridized carbons (Fsp3) is 0.556. The van der Waals surface area contributed by atoms with Gasteiger partial charge in [0, 0.05) is 18.8 Å². The maximum Gasteiger partial charge on any atom is 0.410 e. The van der Waals surface area contributed by atoms with Crippen LogP contribution in [0, 0.1) is 5.92 Å². The van der Waals surface area contributed by atoms with Crippen LogP contribution >= 0.6 is 0 Å². The number of carbonyl (C=O) groups is 2. The number of nitrogens with one attached hydrogen (secondary N) is 1. The van der Waals surface area contributed by atoms with Crippen molar-refractivity contribution < 1.29 is 22.7 Å². The van der Waals surface area contributed by atoms with E-state index >= 15 is 0 Å². The van der Waals surface area contributed by atoms with Gasteiger partial charge >= 0.3 is 6.09 Å². The van der Waals surface area contributed by atoms with E-state index in [0.29, 0.717) is 30.6 Å². The van der Waals surface area contributed by atoms with Crippen LogP contribution in [0.4, 0.5) is 10.5 Å². The molecule has 3 N–H and O–H groups in total. The number of likely N-dealkylation sites (tertiary alicyclic amines) is 1. The summed E-state index contributed by atoms with van der Waals surface area (Å²) in [5.41, 5.74) is 0.403. The van der Waals surface area contributed by atoms with Gasteiger partial charge in [0.05, 0.1) is 11.7 Å². The molecule has 0 aromatic heterocycles. The Morgan fingerprint density at radius 2 is 2.04 bits per heavy atom. The predicted octanol–water partition coefficient (Wildman–Crippen LogP) is 2.06. The number of sulfonamides is 1. The molecule has 2 amide bonds. The molecule has 1 atom stereocenters. The summed E-state index contributed by atoms with van der Waals surface area (Å²) in [6.07, 6.45) is 0.959. The van der Waals surface area contributed by atoms with Crippen molar-refractivity contribution in [2.45, 2.75) is 45.0 Å². The maximum atomic E-state index is 12.6. The summed E-state index contributed by atoms with van der Waals surface area (Å²) < 4.78 is 27.8. The van der Waals surface area contributed by atoms with E-state index in [2.05, 4.69) is 5.32 Å². The van der Waals surface area contributed by atoms with E-state index in [1.54, 1.807) is 49.9 Å². The highest BCUT2D eigenvalue weighted by Gasteiger charge is 2.31. The molecule has 0 saturated carbocycles. The van der Waals surface area contributed by atoms with Gasteiger partial charge in [-0.2, -0.15) is 0 Å². The first kappa shape index (κ1) is 21.2. The number of amides is 2. The monoisotopic (exact) mass is 397 g/mol. The van der Waals surface area contributed by atoms with E-state index in [9.17, 15) is 18.0 Å². The van der Waals surface area contributed by atoms with E-state index in [4.69, 9.17) is 9.88 Å². The van der Waals surface area contributed by atoms with Crippen LogP contribution in [0.15, 0.2) is 24.3 Å². The molecule has 9 heteroatoms. The molecule has 8 nitrogen and oxygen atoms in total. The third kappa shape index (κ3) is 7.18. The molecule has 1 saturated heterocycles. The minimum Gasteiger partial charge on any atom is -0.444 e. The number of nitrogens with two attached hydrogens (primary N) is 1. The second kappa shape index (κ2) is 8.26. The number of rotatable bonds is 4. The number of benzene rings is 1. The highest BCUT2D eigenvalue weighted by Crippen LogP contribution is 2.21. The number of primary sulfonamides is 1. The van der Waals surface area contributed by atoms with Crippen molar-refractivity contribution in [3.63, 3.8) is 0 Å². The molecule has 1 aromatic carbocycles. The smallest absolute Gasteiger partial charge is 0.410 e. The van der Waals surface area contributed by atoms with Crippen LogP contribution in [0.3, 0.4) is 0 Å².